The third-order valence-electron chi connectivity index (χ3n) is 4.87. The summed E-state index contributed by atoms with van der Waals surface area (Å²) in [6.45, 7) is 9.92. The van der Waals surface area contributed by atoms with Crippen LogP contribution in [0, 0.1) is 34.6 Å². The van der Waals surface area contributed by atoms with Crippen LogP contribution >= 0.6 is 7.80 Å². The summed E-state index contributed by atoms with van der Waals surface area (Å²) >= 11 is 0. The molecule has 1 atom stereocenters. The predicted octanol–water partition coefficient (Wildman–Crippen LogP) is 6.19. The molecule has 3 rings (SSSR count). The molecule has 0 fully saturated rings. The lowest BCUT2D eigenvalue weighted by molar-refractivity contribution is 0.107. The zero-order valence-corrected chi connectivity index (χ0v) is 17.4. The largest absolute Gasteiger partial charge is 0.459 e. The number of aryl methyl sites for hydroxylation is 5. The van der Waals surface area contributed by atoms with Crippen molar-refractivity contribution in [3.8, 4) is 11.1 Å². The molecule has 27 heavy (non-hydrogen) atoms. The summed E-state index contributed by atoms with van der Waals surface area (Å²) in [4.78, 5) is 13.1. The number of hydrogen-bond acceptors (Lipinski definition) is 2. The number of rotatable bonds is 4. The van der Waals surface area contributed by atoms with Crippen molar-refractivity contribution in [2.75, 3.05) is 0 Å². The van der Waals surface area contributed by atoms with Crippen LogP contribution in [0.3, 0.4) is 0 Å². The van der Waals surface area contributed by atoms with Gasteiger partial charge in [0.1, 0.15) is 0 Å². The van der Waals surface area contributed by atoms with Crippen molar-refractivity contribution in [3.05, 3.63) is 88.0 Å². The Morgan fingerprint density at radius 3 is 1.93 bits per heavy atom. The first-order valence-electron chi connectivity index (χ1n) is 9.05. The van der Waals surface area contributed by atoms with Crippen molar-refractivity contribution in [2.45, 2.75) is 34.6 Å². The Bertz CT molecular complexity index is 1040. The SMILES string of the molecule is Cc1ccc(-c2ccccc2[P+](=O)C(=O)c2c(C)cc(C)cc2C)c(C)c1. The standard InChI is InChI=1S/C24H24O2P/c1-15-10-11-20(17(3)12-15)21-8-6-7-9-22(21)27(26)24(25)23-18(4)13-16(2)14-19(23)5/h6-14H,1-5H3/q+1. The Morgan fingerprint density at radius 1 is 0.704 bits per heavy atom. The van der Waals surface area contributed by atoms with Crippen LogP contribution in [0.1, 0.15) is 38.2 Å². The van der Waals surface area contributed by atoms with Crippen molar-refractivity contribution in [3.63, 3.8) is 0 Å². The lowest BCUT2D eigenvalue weighted by atomic mass is 9.99. The molecule has 3 heteroatoms. The second-order valence-corrected chi connectivity index (χ2v) is 8.69. The van der Waals surface area contributed by atoms with Gasteiger partial charge < -0.3 is 0 Å². The highest BCUT2D eigenvalue weighted by Gasteiger charge is 2.37. The van der Waals surface area contributed by atoms with Crippen LogP contribution in [0.15, 0.2) is 54.6 Å². The molecule has 0 saturated carbocycles. The fourth-order valence-corrected chi connectivity index (χ4v) is 5.13. The van der Waals surface area contributed by atoms with E-state index in [2.05, 4.69) is 13.0 Å². The molecule has 2 nitrogen and oxygen atoms in total. The molecule has 0 N–H and O–H groups in total. The summed E-state index contributed by atoms with van der Waals surface area (Å²) in [7, 11) is -2.21. The van der Waals surface area contributed by atoms with Crippen LogP contribution in [0.2, 0.25) is 0 Å². The molecule has 0 bridgehead atoms. The van der Waals surface area contributed by atoms with Crippen LogP contribution in [-0.2, 0) is 4.57 Å². The first-order valence-corrected chi connectivity index (χ1v) is 10.3. The van der Waals surface area contributed by atoms with Gasteiger partial charge >= 0.3 is 13.3 Å². The molecule has 3 aromatic carbocycles. The Morgan fingerprint density at radius 2 is 1.30 bits per heavy atom. The van der Waals surface area contributed by atoms with Crippen LogP contribution < -0.4 is 5.30 Å². The summed E-state index contributed by atoms with van der Waals surface area (Å²) < 4.78 is 13.3. The van der Waals surface area contributed by atoms with Gasteiger partial charge in [0.25, 0.3) is 0 Å². The van der Waals surface area contributed by atoms with E-state index in [0.29, 0.717) is 10.9 Å². The lowest BCUT2D eigenvalue weighted by Gasteiger charge is -2.08. The molecule has 136 valence electrons. The second kappa shape index (κ2) is 7.58. The van der Waals surface area contributed by atoms with E-state index in [0.717, 1.165) is 33.4 Å². The van der Waals surface area contributed by atoms with Crippen molar-refractivity contribution in [2.24, 2.45) is 0 Å². The second-order valence-electron chi connectivity index (χ2n) is 7.21. The highest BCUT2D eigenvalue weighted by atomic mass is 31.1. The monoisotopic (exact) mass is 375 g/mol. The molecule has 0 saturated heterocycles. The van der Waals surface area contributed by atoms with Crippen molar-refractivity contribution in [1.29, 1.82) is 0 Å². The van der Waals surface area contributed by atoms with Gasteiger partial charge in [0.15, 0.2) is 0 Å². The number of carbonyl (C=O) groups is 1. The molecule has 3 aromatic rings. The van der Waals surface area contributed by atoms with Crippen molar-refractivity contribution in [1.82, 2.24) is 0 Å². The Balaban J connectivity index is 2.10. The maximum atomic E-state index is 13.3. The van der Waals surface area contributed by atoms with Gasteiger partial charge in [0.05, 0.1) is 5.56 Å². The highest BCUT2D eigenvalue weighted by molar-refractivity contribution is 7.71. The Kier molecular flexibility index (Phi) is 5.39. The van der Waals surface area contributed by atoms with Crippen molar-refractivity contribution >= 4 is 18.6 Å². The van der Waals surface area contributed by atoms with Crippen molar-refractivity contribution < 1.29 is 9.36 Å². The Hall–Kier alpha value is -2.57. The molecule has 0 aliphatic rings. The molecule has 0 aliphatic heterocycles. The van der Waals surface area contributed by atoms with Crippen LogP contribution in [-0.4, -0.2) is 5.52 Å². The number of carbonyl (C=O) groups excluding carboxylic acids is 1. The minimum absolute atomic E-state index is 0.294. The molecule has 0 radical (unpaired) electrons. The summed E-state index contributed by atoms with van der Waals surface area (Å²) in [5.74, 6) is 0. The maximum absolute atomic E-state index is 13.3. The summed E-state index contributed by atoms with van der Waals surface area (Å²) in [6, 6.07) is 17.7. The molecule has 0 aliphatic carbocycles. The van der Waals surface area contributed by atoms with E-state index in [1.807, 2.05) is 76.2 Å². The summed E-state index contributed by atoms with van der Waals surface area (Å²) in [5, 5.41) is 0.601. The summed E-state index contributed by atoms with van der Waals surface area (Å²) in [6.07, 6.45) is 0. The molecular formula is C24H24O2P+. The van der Waals surface area contributed by atoms with Gasteiger partial charge in [-0.15, -0.1) is 0 Å². The number of benzene rings is 3. The molecule has 0 amide bonds. The third-order valence-corrected chi connectivity index (χ3v) is 6.29. The van der Waals surface area contributed by atoms with Gasteiger partial charge in [-0.25, -0.2) is 4.79 Å². The molecular weight excluding hydrogens is 351 g/mol. The highest BCUT2D eigenvalue weighted by Crippen LogP contribution is 2.35. The van der Waals surface area contributed by atoms with Gasteiger partial charge in [-0.1, -0.05) is 58.2 Å². The molecule has 0 heterocycles. The fraction of sp³-hybridized carbons (Fsp3) is 0.208. The Labute approximate surface area is 162 Å². The maximum Gasteiger partial charge on any atom is 0.459 e. The van der Waals surface area contributed by atoms with E-state index in [1.165, 1.54) is 5.56 Å². The zero-order valence-electron chi connectivity index (χ0n) is 16.5. The van der Waals surface area contributed by atoms with E-state index >= 15 is 0 Å². The first-order chi connectivity index (χ1) is 12.8. The minimum atomic E-state index is -2.21. The van der Waals surface area contributed by atoms with Crippen LogP contribution in [0.4, 0.5) is 0 Å². The van der Waals surface area contributed by atoms with Gasteiger partial charge in [-0.2, -0.15) is 0 Å². The van der Waals surface area contributed by atoms with Gasteiger partial charge in [-0.3, -0.25) is 0 Å². The van der Waals surface area contributed by atoms with E-state index in [4.69, 9.17) is 0 Å². The quantitative estimate of drug-likeness (QED) is 0.510. The first kappa shape index (κ1) is 19.2. The normalized spacial score (nSPS) is 11.4. The average Bonchev–Trinajstić information content (AvgIpc) is 2.60. The van der Waals surface area contributed by atoms with E-state index in [9.17, 15) is 9.36 Å². The fourth-order valence-electron chi connectivity index (χ4n) is 3.72. The minimum Gasteiger partial charge on any atom is -0.234 e. The van der Waals surface area contributed by atoms with Gasteiger partial charge in [0.2, 0.25) is 5.30 Å². The molecule has 0 aromatic heterocycles. The molecule has 0 spiro atoms. The molecule has 1 unspecified atom stereocenters. The third kappa shape index (κ3) is 3.77. The smallest absolute Gasteiger partial charge is 0.234 e. The van der Waals surface area contributed by atoms with Crippen LogP contribution in [0.5, 0.6) is 0 Å². The lowest BCUT2D eigenvalue weighted by Crippen LogP contribution is -2.10. The van der Waals surface area contributed by atoms with Gasteiger partial charge in [0, 0.05) is 5.56 Å². The van der Waals surface area contributed by atoms with E-state index in [1.54, 1.807) is 0 Å². The van der Waals surface area contributed by atoms with E-state index in [-0.39, 0.29) is 5.52 Å². The zero-order chi connectivity index (χ0) is 19.7. The number of hydrogen-bond donors (Lipinski definition) is 0. The topological polar surface area (TPSA) is 34.1 Å². The average molecular weight is 375 g/mol. The van der Waals surface area contributed by atoms with Gasteiger partial charge in [-0.05, 0) is 69.0 Å². The van der Waals surface area contributed by atoms with Crippen LogP contribution in [0.25, 0.3) is 11.1 Å². The predicted molar refractivity (Wildman–Crippen MR) is 114 cm³/mol. The summed E-state index contributed by atoms with van der Waals surface area (Å²) in [5.41, 5.74) is 7.33. The van der Waals surface area contributed by atoms with E-state index < -0.39 is 7.80 Å².